The van der Waals surface area contributed by atoms with Gasteiger partial charge in [0.05, 0.1) is 10.7 Å². The number of nitrogens with one attached hydrogen (secondary N) is 1. The van der Waals surface area contributed by atoms with Crippen LogP contribution in [0, 0.1) is 0 Å². The van der Waals surface area contributed by atoms with Gasteiger partial charge >= 0.3 is 5.84 Å². The summed E-state index contributed by atoms with van der Waals surface area (Å²) in [6.07, 6.45) is 5.66. The summed E-state index contributed by atoms with van der Waals surface area (Å²) in [5, 5.41) is 13.5. The van der Waals surface area contributed by atoms with Crippen LogP contribution >= 0.6 is 11.6 Å². The number of anilines is 1. The first-order valence-corrected chi connectivity index (χ1v) is 12.9. The van der Waals surface area contributed by atoms with Gasteiger partial charge in [0.1, 0.15) is 23.4 Å². The van der Waals surface area contributed by atoms with E-state index in [2.05, 4.69) is 20.3 Å². The van der Waals surface area contributed by atoms with E-state index < -0.39 is 10.2 Å². The molecule has 35 heavy (non-hydrogen) atoms. The molecular weight excluding hydrogens is 494 g/mol. The molecule has 0 spiro atoms. The van der Waals surface area contributed by atoms with Crippen molar-refractivity contribution in [3.8, 4) is 28.4 Å². The number of halogens is 1. The van der Waals surface area contributed by atoms with Crippen LogP contribution in [0.1, 0.15) is 13.3 Å². The summed E-state index contributed by atoms with van der Waals surface area (Å²) in [4.78, 5) is 13.5. The van der Waals surface area contributed by atoms with Crippen LogP contribution < -0.4 is 5.32 Å². The zero-order valence-electron chi connectivity index (χ0n) is 18.9. The van der Waals surface area contributed by atoms with E-state index in [1.165, 1.54) is 20.9 Å². The summed E-state index contributed by atoms with van der Waals surface area (Å²) in [6.45, 7) is 4.00. The second-order valence-corrected chi connectivity index (χ2v) is 10.3. The third kappa shape index (κ3) is 4.45. The van der Waals surface area contributed by atoms with Crippen molar-refractivity contribution < 1.29 is 17.9 Å². The quantitative estimate of drug-likeness (QED) is 0.382. The van der Waals surface area contributed by atoms with Crippen molar-refractivity contribution in [3.63, 3.8) is 0 Å². The van der Waals surface area contributed by atoms with Crippen LogP contribution in [0.4, 0.5) is 5.95 Å². The normalized spacial score (nSPS) is 16.6. The zero-order valence-corrected chi connectivity index (χ0v) is 20.5. The molecule has 0 unspecified atom stereocenters. The number of rotatable bonds is 7. The van der Waals surface area contributed by atoms with E-state index in [1.54, 1.807) is 35.0 Å². The summed E-state index contributed by atoms with van der Waals surface area (Å²) in [5.41, 5.74) is 2.42. The molecule has 1 fully saturated rings. The van der Waals surface area contributed by atoms with Gasteiger partial charge in [0.2, 0.25) is 5.95 Å². The van der Waals surface area contributed by atoms with E-state index in [0.717, 1.165) is 6.42 Å². The molecule has 0 bridgehead atoms. The number of oxazole rings is 1. The minimum absolute atomic E-state index is 0.0564. The van der Waals surface area contributed by atoms with Crippen molar-refractivity contribution in [1.29, 1.82) is 0 Å². The minimum Gasteiger partial charge on any atom is -0.506 e. The van der Waals surface area contributed by atoms with E-state index >= 15 is 0 Å². The Labute approximate surface area is 207 Å². The fraction of sp³-hybridized carbons (Fsp3) is 0.318. The molecule has 1 saturated heterocycles. The number of nitrogens with zero attached hydrogens (tertiary/aromatic N) is 6. The lowest BCUT2D eigenvalue weighted by molar-refractivity contribution is 0.295. The lowest BCUT2D eigenvalue weighted by atomic mass is 10.1. The van der Waals surface area contributed by atoms with Gasteiger partial charge in [-0.3, -0.25) is 4.40 Å². The van der Waals surface area contributed by atoms with Crippen molar-refractivity contribution in [2.75, 3.05) is 38.0 Å². The molecule has 0 atom stereocenters. The van der Waals surface area contributed by atoms with Crippen LogP contribution in [0.2, 0.25) is 5.02 Å². The van der Waals surface area contributed by atoms with Crippen molar-refractivity contribution in [2.24, 2.45) is 0 Å². The molecule has 0 radical (unpaired) electrons. The Morgan fingerprint density at radius 2 is 2.03 bits per heavy atom. The third-order valence-corrected chi connectivity index (χ3v) is 8.28. The van der Waals surface area contributed by atoms with Crippen molar-refractivity contribution >= 4 is 33.6 Å². The van der Waals surface area contributed by atoms with Crippen molar-refractivity contribution in [1.82, 2.24) is 28.0 Å². The second-order valence-electron chi connectivity index (χ2n) is 7.98. The standard InChI is InChI=1S/C22H24ClN7O4S/c1-2-28-9-3-10-29(35(28,32)33)11-8-25-21-24-7-6-17(26-21)20-19(27-22-30(20)12-13-34-22)15-4-5-16(23)18(31)14-15/h4-7,12-14,31H,2-3,8-11H2,1H3,(H,24,25,26). The SMILES string of the molecule is CCN1CCCN(CCNc2nccc(-c3c(-c4ccc(Cl)c(O)c4)nc4occn34)n2)S1(=O)=O. The molecule has 1 aliphatic rings. The Morgan fingerprint density at radius 1 is 1.20 bits per heavy atom. The molecule has 0 aliphatic carbocycles. The van der Waals surface area contributed by atoms with Crippen LogP contribution in [-0.2, 0) is 10.2 Å². The third-order valence-electron chi connectivity index (χ3n) is 5.84. The number of hydrogen-bond donors (Lipinski definition) is 2. The maximum Gasteiger partial charge on any atom is 0.306 e. The summed E-state index contributed by atoms with van der Waals surface area (Å²) in [7, 11) is -3.44. The Kier molecular flexibility index (Phi) is 6.36. The Bertz CT molecular complexity index is 1470. The fourth-order valence-corrected chi connectivity index (χ4v) is 5.94. The van der Waals surface area contributed by atoms with E-state index in [0.29, 0.717) is 67.2 Å². The van der Waals surface area contributed by atoms with Gasteiger partial charge in [-0.05, 0) is 24.6 Å². The lowest BCUT2D eigenvalue weighted by Gasteiger charge is -2.33. The van der Waals surface area contributed by atoms with Gasteiger partial charge in [0.25, 0.3) is 10.2 Å². The summed E-state index contributed by atoms with van der Waals surface area (Å²) in [5.74, 6) is 0.667. The molecule has 0 saturated carbocycles. The van der Waals surface area contributed by atoms with E-state index in [-0.39, 0.29) is 10.8 Å². The highest BCUT2D eigenvalue weighted by Crippen LogP contribution is 2.35. The molecule has 4 heterocycles. The van der Waals surface area contributed by atoms with Crippen LogP contribution in [0.15, 0.2) is 47.3 Å². The number of imidazole rings is 1. The van der Waals surface area contributed by atoms with Gasteiger partial charge < -0.3 is 14.8 Å². The van der Waals surface area contributed by atoms with E-state index in [9.17, 15) is 13.5 Å². The smallest absolute Gasteiger partial charge is 0.306 e. The molecule has 1 aromatic carbocycles. The first-order valence-electron chi connectivity index (χ1n) is 11.2. The number of fused-ring (bicyclic) bond motifs is 1. The van der Waals surface area contributed by atoms with Crippen LogP contribution in [0.25, 0.3) is 28.5 Å². The fourth-order valence-electron chi connectivity index (χ4n) is 4.13. The molecule has 13 heteroatoms. The Hall–Kier alpha value is -3.19. The van der Waals surface area contributed by atoms with E-state index in [1.807, 2.05) is 6.92 Å². The molecule has 2 N–H and O–H groups in total. The number of aromatic hydroxyl groups is 1. The average Bonchev–Trinajstić information content (AvgIpc) is 3.43. The van der Waals surface area contributed by atoms with Gasteiger partial charge in [-0.15, -0.1) is 0 Å². The van der Waals surface area contributed by atoms with Gasteiger partial charge in [-0.2, -0.15) is 22.0 Å². The second kappa shape index (κ2) is 9.46. The first-order chi connectivity index (χ1) is 16.9. The van der Waals surface area contributed by atoms with Gasteiger partial charge in [-0.1, -0.05) is 24.6 Å². The molecule has 5 rings (SSSR count). The molecule has 0 amide bonds. The molecule has 1 aliphatic heterocycles. The number of phenols is 1. The van der Waals surface area contributed by atoms with Gasteiger partial charge in [0, 0.05) is 50.7 Å². The highest BCUT2D eigenvalue weighted by atomic mass is 35.5. The maximum absolute atomic E-state index is 12.7. The molecule has 11 nitrogen and oxygen atoms in total. The van der Waals surface area contributed by atoms with Crippen molar-refractivity contribution in [3.05, 3.63) is 47.9 Å². The topological polar surface area (TPSA) is 129 Å². The summed E-state index contributed by atoms with van der Waals surface area (Å²) in [6, 6.07) is 6.63. The predicted molar refractivity (Wildman–Crippen MR) is 131 cm³/mol. The van der Waals surface area contributed by atoms with E-state index in [4.69, 9.17) is 16.0 Å². The molecule has 3 aromatic heterocycles. The number of hydrogen-bond acceptors (Lipinski definition) is 8. The molecule has 184 valence electrons. The van der Waals surface area contributed by atoms with Crippen LogP contribution in [0.5, 0.6) is 5.75 Å². The van der Waals surface area contributed by atoms with Gasteiger partial charge in [-0.25, -0.2) is 9.97 Å². The highest BCUT2D eigenvalue weighted by molar-refractivity contribution is 7.86. The van der Waals surface area contributed by atoms with Crippen LogP contribution in [0.3, 0.4) is 0 Å². The molecular formula is C22H24ClN7O4S. The highest BCUT2D eigenvalue weighted by Gasteiger charge is 2.31. The summed E-state index contributed by atoms with van der Waals surface area (Å²) >= 11 is 5.98. The largest absolute Gasteiger partial charge is 0.506 e. The number of aromatic nitrogens is 4. The maximum atomic E-state index is 12.7. The zero-order chi connectivity index (χ0) is 24.6. The van der Waals surface area contributed by atoms with Crippen molar-refractivity contribution in [2.45, 2.75) is 13.3 Å². The predicted octanol–water partition coefficient (Wildman–Crippen LogP) is 3.09. The average molecular weight is 518 g/mol. The Morgan fingerprint density at radius 3 is 2.83 bits per heavy atom. The first kappa shape index (κ1) is 23.5. The monoisotopic (exact) mass is 517 g/mol. The number of phenolic OH excluding ortho intramolecular Hbond substituents is 1. The lowest BCUT2D eigenvalue weighted by Crippen LogP contribution is -2.50. The van der Waals surface area contributed by atoms with Gasteiger partial charge in [0.15, 0.2) is 0 Å². The minimum atomic E-state index is -3.44. The summed E-state index contributed by atoms with van der Waals surface area (Å²) < 4.78 is 35.5. The Balaban J connectivity index is 1.40. The number of benzene rings is 1. The van der Waals surface area contributed by atoms with Crippen LogP contribution in [-0.4, -0.2) is 74.2 Å². The molecule has 4 aromatic rings.